The van der Waals surface area contributed by atoms with Gasteiger partial charge in [-0.25, -0.2) is 4.79 Å². The third-order valence-electron chi connectivity index (χ3n) is 3.77. The zero-order valence-corrected chi connectivity index (χ0v) is 11.7. The standard InChI is InChI=1S/C13H22N2O5/c1-2-7-15-8-3-6-13(15,12(19)20)11(18)9(14)4-5-10(16)17/h9H,2-8,14H2,1H3,(H,16,17)(H,19,20)/t9-,13+/m0/s1. The highest BCUT2D eigenvalue weighted by molar-refractivity contribution is 6.10. The SMILES string of the molecule is CCCN1CCC[C@]1(C(=O)O)C(=O)[C@@H](N)CCC(=O)O. The smallest absolute Gasteiger partial charge is 0.331 e. The molecule has 114 valence electrons. The molecule has 0 aromatic carbocycles. The number of likely N-dealkylation sites (tertiary alicyclic amines) is 1. The summed E-state index contributed by atoms with van der Waals surface area (Å²) in [4.78, 5) is 36.3. The molecule has 20 heavy (non-hydrogen) atoms. The first-order valence-electron chi connectivity index (χ1n) is 6.86. The predicted octanol–water partition coefficient (Wildman–Crippen LogP) is 0.0768. The van der Waals surface area contributed by atoms with Gasteiger partial charge in [0.15, 0.2) is 11.3 Å². The maximum Gasteiger partial charge on any atom is 0.331 e. The zero-order chi connectivity index (χ0) is 15.3. The molecule has 1 aliphatic rings. The Morgan fingerprint density at radius 2 is 2.00 bits per heavy atom. The van der Waals surface area contributed by atoms with E-state index in [0.717, 1.165) is 6.42 Å². The lowest BCUT2D eigenvalue weighted by Crippen LogP contribution is -2.61. The zero-order valence-electron chi connectivity index (χ0n) is 11.7. The number of Topliss-reactive ketones (excluding diaryl/α,β-unsaturated/α-hetero) is 1. The van der Waals surface area contributed by atoms with E-state index >= 15 is 0 Å². The first-order valence-corrected chi connectivity index (χ1v) is 6.86. The van der Waals surface area contributed by atoms with Crippen molar-refractivity contribution < 1.29 is 24.6 Å². The van der Waals surface area contributed by atoms with Crippen LogP contribution in [0, 0.1) is 0 Å². The maximum absolute atomic E-state index is 12.5. The van der Waals surface area contributed by atoms with Gasteiger partial charge in [0.05, 0.1) is 6.04 Å². The van der Waals surface area contributed by atoms with Gasteiger partial charge in [0.1, 0.15) is 0 Å². The Morgan fingerprint density at radius 1 is 1.35 bits per heavy atom. The average molecular weight is 286 g/mol. The number of rotatable bonds is 8. The summed E-state index contributed by atoms with van der Waals surface area (Å²) in [6, 6.07) is -1.06. The fourth-order valence-electron chi connectivity index (χ4n) is 2.79. The van der Waals surface area contributed by atoms with E-state index in [9.17, 15) is 19.5 Å². The fraction of sp³-hybridized carbons (Fsp3) is 0.769. The number of hydrogen-bond donors (Lipinski definition) is 3. The van der Waals surface area contributed by atoms with Crippen LogP contribution in [0.5, 0.6) is 0 Å². The Bertz CT molecular complexity index is 398. The number of nitrogens with zero attached hydrogens (tertiary/aromatic N) is 1. The number of carboxylic acids is 2. The van der Waals surface area contributed by atoms with Crippen LogP contribution in [0.2, 0.25) is 0 Å². The molecule has 0 aliphatic carbocycles. The fourth-order valence-corrected chi connectivity index (χ4v) is 2.79. The Hall–Kier alpha value is -1.47. The monoisotopic (exact) mass is 286 g/mol. The molecular formula is C13H22N2O5. The minimum Gasteiger partial charge on any atom is -0.481 e. The van der Waals surface area contributed by atoms with Crippen molar-refractivity contribution in [1.29, 1.82) is 0 Å². The predicted molar refractivity (Wildman–Crippen MR) is 71.3 cm³/mol. The number of carboxylic acid groups (broad SMARTS) is 2. The van der Waals surface area contributed by atoms with Crippen LogP contribution < -0.4 is 5.73 Å². The Kier molecular flexibility index (Phi) is 5.64. The van der Waals surface area contributed by atoms with Crippen LogP contribution in [0.4, 0.5) is 0 Å². The van der Waals surface area contributed by atoms with Gasteiger partial charge in [-0.05, 0) is 38.8 Å². The van der Waals surface area contributed by atoms with E-state index in [2.05, 4.69) is 0 Å². The van der Waals surface area contributed by atoms with Crippen molar-refractivity contribution in [3.05, 3.63) is 0 Å². The highest BCUT2D eigenvalue weighted by Gasteiger charge is 2.54. The second kappa shape index (κ2) is 6.81. The molecular weight excluding hydrogens is 264 g/mol. The molecule has 1 fully saturated rings. The van der Waals surface area contributed by atoms with Gasteiger partial charge in [-0.2, -0.15) is 0 Å². The van der Waals surface area contributed by atoms with E-state index in [0.29, 0.717) is 19.5 Å². The molecule has 0 amide bonds. The quantitative estimate of drug-likeness (QED) is 0.540. The van der Waals surface area contributed by atoms with E-state index in [1.807, 2.05) is 6.92 Å². The number of aliphatic carboxylic acids is 2. The lowest BCUT2D eigenvalue weighted by Gasteiger charge is -2.34. The number of carbonyl (C=O) groups is 3. The van der Waals surface area contributed by atoms with Gasteiger partial charge in [0.2, 0.25) is 0 Å². The molecule has 0 bridgehead atoms. The summed E-state index contributed by atoms with van der Waals surface area (Å²) in [5.74, 6) is -2.80. The highest BCUT2D eigenvalue weighted by atomic mass is 16.4. The molecule has 2 atom stereocenters. The van der Waals surface area contributed by atoms with Crippen LogP contribution in [-0.4, -0.2) is 57.5 Å². The second-order valence-corrected chi connectivity index (χ2v) is 5.16. The van der Waals surface area contributed by atoms with Gasteiger partial charge in [0, 0.05) is 6.42 Å². The Balaban J connectivity index is 2.92. The molecule has 1 aliphatic heterocycles. The summed E-state index contributed by atoms with van der Waals surface area (Å²) >= 11 is 0. The maximum atomic E-state index is 12.5. The number of carbonyl (C=O) groups excluding carboxylic acids is 1. The molecule has 0 radical (unpaired) electrons. The van der Waals surface area contributed by atoms with Gasteiger partial charge < -0.3 is 15.9 Å². The number of nitrogens with two attached hydrogens (primary N) is 1. The van der Waals surface area contributed by atoms with E-state index in [4.69, 9.17) is 10.8 Å². The summed E-state index contributed by atoms with van der Waals surface area (Å²) in [7, 11) is 0. The first kappa shape index (κ1) is 16.6. The minimum atomic E-state index is -1.58. The molecule has 7 nitrogen and oxygen atoms in total. The summed E-state index contributed by atoms with van der Waals surface area (Å²) < 4.78 is 0. The topological polar surface area (TPSA) is 121 Å². The van der Waals surface area contributed by atoms with Crippen LogP contribution in [0.3, 0.4) is 0 Å². The third kappa shape index (κ3) is 3.16. The van der Waals surface area contributed by atoms with Crippen molar-refractivity contribution in [2.24, 2.45) is 5.73 Å². The molecule has 7 heteroatoms. The molecule has 4 N–H and O–H groups in total. The highest BCUT2D eigenvalue weighted by Crippen LogP contribution is 2.32. The largest absolute Gasteiger partial charge is 0.481 e. The van der Waals surface area contributed by atoms with Gasteiger partial charge >= 0.3 is 11.9 Å². The number of hydrogen-bond acceptors (Lipinski definition) is 5. The molecule has 0 spiro atoms. The van der Waals surface area contributed by atoms with Crippen molar-refractivity contribution >= 4 is 17.7 Å². The van der Waals surface area contributed by atoms with Crippen molar-refractivity contribution in [2.75, 3.05) is 13.1 Å². The Morgan fingerprint density at radius 3 is 2.50 bits per heavy atom. The van der Waals surface area contributed by atoms with Gasteiger partial charge in [0.25, 0.3) is 0 Å². The molecule has 0 aromatic rings. The second-order valence-electron chi connectivity index (χ2n) is 5.16. The molecule has 0 saturated carbocycles. The molecule has 0 unspecified atom stereocenters. The molecule has 1 rings (SSSR count). The minimum absolute atomic E-state index is 0.0385. The van der Waals surface area contributed by atoms with Crippen molar-refractivity contribution in [1.82, 2.24) is 4.90 Å². The van der Waals surface area contributed by atoms with Gasteiger partial charge in [-0.1, -0.05) is 6.92 Å². The van der Waals surface area contributed by atoms with Gasteiger partial charge in [-0.3, -0.25) is 14.5 Å². The summed E-state index contributed by atoms with van der Waals surface area (Å²) in [5, 5.41) is 18.1. The summed E-state index contributed by atoms with van der Waals surface area (Å²) in [5.41, 5.74) is 4.15. The lowest BCUT2D eigenvalue weighted by atomic mass is 9.85. The normalized spacial score (nSPS) is 24.5. The first-order chi connectivity index (χ1) is 9.36. The summed E-state index contributed by atoms with van der Waals surface area (Å²) in [6.07, 6.45) is 1.33. The van der Waals surface area contributed by atoms with Crippen LogP contribution in [0.25, 0.3) is 0 Å². The van der Waals surface area contributed by atoms with Crippen LogP contribution >= 0.6 is 0 Å². The van der Waals surface area contributed by atoms with E-state index in [-0.39, 0.29) is 19.3 Å². The molecule has 1 saturated heterocycles. The summed E-state index contributed by atoms with van der Waals surface area (Å²) in [6.45, 7) is 2.99. The molecule has 1 heterocycles. The van der Waals surface area contributed by atoms with E-state index in [1.165, 1.54) is 0 Å². The number of ketones is 1. The van der Waals surface area contributed by atoms with Crippen LogP contribution in [0.1, 0.15) is 39.0 Å². The van der Waals surface area contributed by atoms with Crippen molar-refractivity contribution in [3.8, 4) is 0 Å². The van der Waals surface area contributed by atoms with Crippen molar-refractivity contribution in [3.63, 3.8) is 0 Å². The van der Waals surface area contributed by atoms with E-state index < -0.39 is 29.3 Å². The lowest BCUT2D eigenvalue weighted by molar-refractivity contribution is -0.156. The third-order valence-corrected chi connectivity index (χ3v) is 3.77. The average Bonchev–Trinajstić information content (AvgIpc) is 2.80. The molecule has 0 aromatic heterocycles. The van der Waals surface area contributed by atoms with Gasteiger partial charge in [-0.15, -0.1) is 0 Å². The van der Waals surface area contributed by atoms with E-state index in [1.54, 1.807) is 4.90 Å². The van der Waals surface area contributed by atoms with Crippen molar-refractivity contribution in [2.45, 2.75) is 50.6 Å². The van der Waals surface area contributed by atoms with Crippen LogP contribution in [-0.2, 0) is 14.4 Å². The van der Waals surface area contributed by atoms with Crippen LogP contribution in [0.15, 0.2) is 0 Å². The Labute approximate surface area is 117 Å².